The molecule has 0 aliphatic carbocycles. The Morgan fingerprint density at radius 2 is 1.08 bits per heavy atom. The van der Waals surface area contributed by atoms with E-state index >= 15 is 0 Å². The lowest BCUT2D eigenvalue weighted by atomic mass is 10.1. The van der Waals surface area contributed by atoms with Gasteiger partial charge in [0.2, 0.25) is 5.95 Å². The topological polar surface area (TPSA) is 87.2 Å². The van der Waals surface area contributed by atoms with Gasteiger partial charge in [-0.2, -0.15) is 9.97 Å². The molecule has 48 heavy (non-hydrogen) atoms. The summed E-state index contributed by atoms with van der Waals surface area (Å²) in [6, 6.07) is 43.3. The molecule has 0 aliphatic rings. The maximum Gasteiger partial charge on any atom is 0.238 e. The largest absolute Gasteiger partial charge is 0.307 e. The highest BCUT2D eigenvalue weighted by Gasteiger charge is 2.25. The number of pyridine rings is 3. The Morgan fingerprint density at radius 3 is 1.83 bits per heavy atom. The molecule has 4 aromatic carbocycles. The van der Waals surface area contributed by atoms with Gasteiger partial charge in [-0.25, -0.2) is 4.98 Å². The first-order valence-electron chi connectivity index (χ1n) is 15.7. The predicted octanol–water partition coefficient (Wildman–Crippen LogP) is 8.74. The Morgan fingerprint density at radius 1 is 0.417 bits per heavy atom. The van der Waals surface area contributed by atoms with E-state index in [2.05, 4.69) is 98.0 Å². The second-order valence-corrected chi connectivity index (χ2v) is 11.6. The number of benzene rings is 4. The molecule has 6 aromatic heterocycles. The van der Waals surface area contributed by atoms with Gasteiger partial charge in [-0.15, -0.1) is 0 Å². The molecule has 10 aromatic rings. The molecule has 0 spiro atoms. The molecule has 0 saturated heterocycles. The third-order valence-corrected chi connectivity index (χ3v) is 8.92. The number of hydrogen-bond donors (Lipinski definition) is 0. The average molecular weight is 617 g/mol. The van der Waals surface area contributed by atoms with E-state index < -0.39 is 0 Å². The molecular weight excluding hydrogens is 592 g/mol. The molecule has 224 valence electrons. The number of aromatic nitrogens is 8. The van der Waals surface area contributed by atoms with Crippen LogP contribution >= 0.6 is 0 Å². The van der Waals surface area contributed by atoms with Crippen molar-refractivity contribution in [1.29, 1.82) is 0 Å². The minimum atomic E-state index is 0.464. The van der Waals surface area contributed by atoms with E-state index in [1.54, 1.807) is 12.4 Å². The maximum absolute atomic E-state index is 5.14. The number of hydrogen-bond acceptors (Lipinski definition) is 6. The summed E-state index contributed by atoms with van der Waals surface area (Å²) < 4.78 is 4.51. The lowest BCUT2D eigenvalue weighted by molar-refractivity contribution is 0.943. The lowest BCUT2D eigenvalue weighted by Crippen LogP contribution is -2.08. The molecule has 8 nitrogen and oxygen atoms in total. The second kappa shape index (κ2) is 10.4. The van der Waals surface area contributed by atoms with Crippen LogP contribution in [0, 0.1) is 0 Å². The smallest absolute Gasteiger partial charge is 0.238 e. The fraction of sp³-hybridized carbons (Fsp3) is 0. The van der Waals surface area contributed by atoms with Gasteiger partial charge < -0.3 is 4.57 Å². The molecule has 6 heterocycles. The first kappa shape index (κ1) is 26.4. The molecular formula is C40H24N8. The first-order valence-corrected chi connectivity index (χ1v) is 15.7. The summed E-state index contributed by atoms with van der Waals surface area (Å²) in [6.45, 7) is 0. The number of rotatable bonds is 4. The highest BCUT2D eigenvalue weighted by atomic mass is 15.2. The van der Waals surface area contributed by atoms with E-state index in [0.717, 1.165) is 60.2 Å². The maximum atomic E-state index is 5.14. The molecule has 0 aliphatic heterocycles. The summed E-state index contributed by atoms with van der Waals surface area (Å²) in [5, 5.41) is 5.45. The van der Waals surface area contributed by atoms with Crippen molar-refractivity contribution >= 4 is 54.5 Å². The van der Waals surface area contributed by atoms with E-state index in [1.165, 1.54) is 0 Å². The second-order valence-electron chi connectivity index (χ2n) is 11.6. The van der Waals surface area contributed by atoms with Crippen LogP contribution in [0.4, 0.5) is 0 Å². The zero-order valence-corrected chi connectivity index (χ0v) is 25.4. The summed E-state index contributed by atoms with van der Waals surface area (Å²) >= 11 is 0. The average Bonchev–Trinajstić information content (AvgIpc) is 3.69. The van der Waals surface area contributed by atoms with Crippen LogP contribution in [-0.4, -0.2) is 39.0 Å². The van der Waals surface area contributed by atoms with Crippen LogP contribution in [0.15, 0.2) is 146 Å². The molecule has 0 bridgehead atoms. The Hall–Kier alpha value is -6.80. The van der Waals surface area contributed by atoms with Crippen molar-refractivity contribution in [3.8, 4) is 34.7 Å². The van der Waals surface area contributed by atoms with Gasteiger partial charge in [-0.3, -0.25) is 19.5 Å². The van der Waals surface area contributed by atoms with Crippen molar-refractivity contribution in [3.63, 3.8) is 0 Å². The van der Waals surface area contributed by atoms with Gasteiger partial charge in [0.1, 0.15) is 11.4 Å². The van der Waals surface area contributed by atoms with Crippen molar-refractivity contribution < 1.29 is 0 Å². The van der Waals surface area contributed by atoms with Gasteiger partial charge in [0, 0.05) is 51.2 Å². The molecule has 0 amide bonds. The van der Waals surface area contributed by atoms with Gasteiger partial charge in [-0.1, -0.05) is 72.8 Å². The monoisotopic (exact) mass is 616 g/mol. The summed E-state index contributed by atoms with van der Waals surface area (Å²) in [4.78, 5) is 29.3. The minimum absolute atomic E-state index is 0.464. The molecule has 10 rings (SSSR count). The Bertz CT molecular complexity index is 2770. The van der Waals surface area contributed by atoms with Gasteiger partial charge in [0.15, 0.2) is 11.6 Å². The highest BCUT2D eigenvalue weighted by molar-refractivity contribution is 6.27. The van der Waals surface area contributed by atoms with E-state index in [9.17, 15) is 0 Å². The molecule has 0 N–H and O–H groups in total. The zero-order valence-electron chi connectivity index (χ0n) is 25.4. The van der Waals surface area contributed by atoms with Gasteiger partial charge >= 0.3 is 0 Å². The van der Waals surface area contributed by atoms with E-state index in [0.29, 0.717) is 29.0 Å². The van der Waals surface area contributed by atoms with E-state index in [4.69, 9.17) is 19.9 Å². The molecule has 0 saturated carbocycles. The number of para-hydroxylation sites is 2. The third-order valence-electron chi connectivity index (χ3n) is 8.92. The molecule has 8 heteroatoms. The summed E-state index contributed by atoms with van der Waals surface area (Å²) in [6.07, 6.45) is 5.35. The van der Waals surface area contributed by atoms with Crippen LogP contribution < -0.4 is 0 Å². The molecule has 0 unspecified atom stereocenters. The predicted molar refractivity (Wildman–Crippen MR) is 190 cm³/mol. The van der Waals surface area contributed by atoms with Gasteiger partial charge in [0.05, 0.1) is 27.6 Å². The SMILES string of the molecule is c1ccc(-n2c3ccccc3c3ccc4c5c6ncccc6ccc5n(-c5nc(-c6ccccn6)nc(-c6ccccn6)n5)c4c32)cc1. The van der Waals surface area contributed by atoms with Crippen LogP contribution in [-0.2, 0) is 0 Å². The van der Waals surface area contributed by atoms with Crippen molar-refractivity contribution in [3.05, 3.63) is 146 Å². The fourth-order valence-electron chi connectivity index (χ4n) is 6.91. The van der Waals surface area contributed by atoms with Gasteiger partial charge in [0.25, 0.3) is 0 Å². The van der Waals surface area contributed by atoms with E-state index in [1.807, 2.05) is 54.7 Å². The number of fused-ring (bicyclic) bond motifs is 9. The summed E-state index contributed by atoms with van der Waals surface area (Å²) in [5.74, 6) is 1.40. The highest BCUT2D eigenvalue weighted by Crippen LogP contribution is 2.43. The first-order chi connectivity index (χ1) is 23.8. The van der Waals surface area contributed by atoms with Crippen LogP contribution in [0.1, 0.15) is 0 Å². The van der Waals surface area contributed by atoms with Crippen LogP contribution in [0.5, 0.6) is 0 Å². The van der Waals surface area contributed by atoms with Crippen molar-refractivity contribution in [1.82, 2.24) is 39.0 Å². The van der Waals surface area contributed by atoms with Crippen LogP contribution in [0.3, 0.4) is 0 Å². The quantitative estimate of drug-likeness (QED) is 0.197. The van der Waals surface area contributed by atoms with Crippen molar-refractivity contribution in [2.75, 3.05) is 0 Å². The molecule has 0 fully saturated rings. The summed E-state index contributed by atoms with van der Waals surface area (Å²) in [5.41, 5.74) is 7.37. The standard InChI is InChI=1S/C40H24N8/c1-2-12-26(13-3-1)47-32-17-5-4-14-27(32)28-19-20-29-34-33(21-18-25-11-10-24-43-35(25)34)48(37(29)36(28)47)40-45-38(30-15-6-8-22-41-30)44-39(46-40)31-16-7-9-23-42-31/h1-24H. The Balaban J connectivity index is 1.44. The van der Waals surface area contributed by atoms with Crippen molar-refractivity contribution in [2.24, 2.45) is 0 Å². The minimum Gasteiger partial charge on any atom is -0.307 e. The van der Waals surface area contributed by atoms with E-state index in [-0.39, 0.29) is 0 Å². The molecule has 0 radical (unpaired) electrons. The van der Waals surface area contributed by atoms with Gasteiger partial charge in [-0.05, 0) is 54.6 Å². The van der Waals surface area contributed by atoms with Crippen LogP contribution in [0.25, 0.3) is 89.2 Å². The lowest BCUT2D eigenvalue weighted by Gasteiger charge is -2.13. The third kappa shape index (κ3) is 3.89. The Kier molecular flexibility index (Phi) is 5.71. The zero-order chi connectivity index (χ0) is 31.6. The van der Waals surface area contributed by atoms with Crippen molar-refractivity contribution in [2.45, 2.75) is 0 Å². The Labute approximate surface area is 273 Å². The number of nitrogens with zero attached hydrogens (tertiary/aromatic N) is 8. The summed E-state index contributed by atoms with van der Waals surface area (Å²) in [7, 11) is 0. The fourth-order valence-corrected chi connectivity index (χ4v) is 6.91. The molecule has 0 atom stereocenters. The van der Waals surface area contributed by atoms with Crippen LogP contribution in [0.2, 0.25) is 0 Å². The normalized spacial score (nSPS) is 11.8.